The molecule has 0 saturated carbocycles. The molecule has 1 nitrogen and oxygen atoms in total. The molecule has 0 aliphatic rings. The largest absolute Gasteiger partial charge is 0.492 e. The van der Waals surface area contributed by atoms with Crippen molar-refractivity contribution in [3.8, 4) is 5.75 Å². The van der Waals surface area contributed by atoms with Gasteiger partial charge in [0.05, 0.1) is 12.9 Å². The Morgan fingerprint density at radius 3 is 2.91 bits per heavy atom. The number of hydrogen-bond acceptors (Lipinski definition) is 1. The lowest BCUT2D eigenvalue weighted by Gasteiger charge is -2.03. The van der Waals surface area contributed by atoms with Gasteiger partial charge in [-0.15, -0.1) is 0 Å². The zero-order valence-corrected chi connectivity index (χ0v) is 6.99. The van der Waals surface area contributed by atoms with Crippen LogP contribution in [0.2, 0.25) is 0 Å². The summed E-state index contributed by atoms with van der Waals surface area (Å²) in [5, 5.41) is 0. The normalized spacial score (nSPS) is 11.0. The molecule has 11 heavy (non-hydrogen) atoms. The van der Waals surface area contributed by atoms with Gasteiger partial charge in [0, 0.05) is 0 Å². The Kier molecular flexibility index (Phi) is 2.03. The Morgan fingerprint density at radius 2 is 2.27 bits per heavy atom. The predicted octanol–water partition coefficient (Wildman–Crippen LogP) is 2.74. The van der Waals surface area contributed by atoms with Crippen molar-refractivity contribution in [2.75, 3.05) is 7.09 Å². The first-order chi connectivity index (χ1) is 5.66. The first kappa shape index (κ1) is 7.03. The summed E-state index contributed by atoms with van der Waals surface area (Å²) in [5.41, 5.74) is 0. The molecule has 0 unspecified atom stereocenters. The molecule has 60 valence electrons. The molecule has 0 atom stereocenters. The van der Waals surface area contributed by atoms with Crippen LogP contribution in [0.1, 0.15) is 1.37 Å². The van der Waals surface area contributed by atoms with Crippen LogP contribution in [0.3, 0.4) is 0 Å². The van der Waals surface area contributed by atoms with Crippen LogP contribution < -0.4 is 4.74 Å². The van der Waals surface area contributed by atoms with E-state index in [1.165, 1.54) is 6.07 Å². The zero-order valence-electron chi connectivity index (χ0n) is 6.40. The maximum absolute atomic E-state index is 12.8. The van der Waals surface area contributed by atoms with Crippen LogP contribution in [0.15, 0.2) is 16.6 Å². The molecule has 0 aliphatic carbocycles. The van der Waals surface area contributed by atoms with Gasteiger partial charge in [0.25, 0.3) is 0 Å². The van der Waals surface area contributed by atoms with Crippen molar-refractivity contribution < 1.29 is 14.9 Å². The topological polar surface area (TPSA) is 9.23 Å². The summed E-state index contributed by atoms with van der Waals surface area (Å²) in [4.78, 5) is 0. The average molecular weight is 224 g/mol. The van der Waals surface area contributed by atoms with E-state index in [1.54, 1.807) is 0 Å². The molecule has 0 saturated heterocycles. The lowest BCUT2D eigenvalue weighted by atomic mass is 10.3. The number of methoxy groups -OCH3 is 1. The van der Waals surface area contributed by atoms with Gasteiger partial charge in [-0.2, -0.15) is 4.39 Å². The van der Waals surface area contributed by atoms with Crippen molar-refractivity contribution in [1.82, 2.24) is 0 Å². The highest BCUT2D eigenvalue weighted by Crippen LogP contribution is 2.28. The molecule has 0 aliphatic heterocycles. The first-order valence-electron chi connectivity index (χ1n) is 3.43. The monoisotopic (exact) mass is 223 g/mol. The van der Waals surface area contributed by atoms with E-state index in [9.17, 15) is 8.78 Å². The predicted molar refractivity (Wildman–Crippen MR) is 40.6 cm³/mol. The van der Waals surface area contributed by atoms with Crippen LogP contribution in [-0.4, -0.2) is 7.09 Å². The molecule has 0 spiro atoms. The van der Waals surface area contributed by atoms with E-state index < -0.39 is 18.7 Å². The zero-order chi connectivity index (χ0) is 9.14. The van der Waals surface area contributed by atoms with Gasteiger partial charge in [-0.1, -0.05) is 0 Å². The number of hydrogen-bond donors (Lipinski definition) is 0. The van der Waals surface area contributed by atoms with E-state index in [-0.39, 0.29) is 5.75 Å². The van der Waals surface area contributed by atoms with Gasteiger partial charge in [-0.3, -0.25) is 0 Å². The summed E-state index contributed by atoms with van der Waals surface area (Å²) in [6, 6.07) is 2.31. The fraction of sp³-hybridized carbons (Fsp3) is 0.143. The summed E-state index contributed by atoms with van der Waals surface area (Å²) in [5.74, 6) is -2.32. The van der Waals surface area contributed by atoms with Crippen molar-refractivity contribution in [3.05, 3.63) is 28.2 Å². The smallest absolute Gasteiger partial charge is 0.201 e. The molecule has 4 heteroatoms. The second-order valence-corrected chi connectivity index (χ2v) is 2.67. The van der Waals surface area contributed by atoms with E-state index in [0.717, 1.165) is 6.07 Å². The number of halogens is 3. The minimum atomic E-state index is -1.07. The Labute approximate surface area is 72.5 Å². The summed E-state index contributed by atoms with van der Waals surface area (Å²) in [6.07, 6.45) is 0. The lowest BCUT2D eigenvalue weighted by molar-refractivity contribution is 0.369. The quantitative estimate of drug-likeness (QED) is 0.666. The van der Waals surface area contributed by atoms with E-state index in [1.807, 2.05) is 0 Å². The van der Waals surface area contributed by atoms with Gasteiger partial charge in [0.2, 0.25) is 5.82 Å². The van der Waals surface area contributed by atoms with Crippen LogP contribution in [0.4, 0.5) is 8.78 Å². The van der Waals surface area contributed by atoms with Crippen molar-refractivity contribution >= 4 is 15.9 Å². The van der Waals surface area contributed by atoms with Crippen molar-refractivity contribution in [3.63, 3.8) is 0 Å². The van der Waals surface area contributed by atoms with Crippen molar-refractivity contribution in [2.24, 2.45) is 0 Å². The Bertz CT molecular complexity index is 293. The Balaban J connectivity index is 3.14. The highest BCUT2D eigenvalue weighted by atomic mass is 79.9. The molecule has 0 fully saturated rings. The molecule has 0 aromatic heterocycles. The summed E-state index contributed by atoms with van der Waals surface area (Å²) >= 11 is 2.97. The maximum atomic E-state index is 12.8. The lowest BCUT2D eigenvalue weighted by Crippen LogP contribution is -1.92. The van der Waals surface area contributed by atoms with Gasteiger partial charge in [-0.25, -0.2) is 4.39 Å². The van der Waals surface area contributed by atoms with Gasteiger partial charge in [-0.05, 0) is 28.1 Å². The first-order valence-corrected chi connectivity index (χ1v) is 3.51. The summed E-state index contributed by atoms with van der Waals surface area (Å²) in [6.45, 7) is 0. The SMILES string of the molecule is [2H]COc1c(Br)ccc(F)c1F. The van der Waals surface area contributed by atoms with Crippen LogP contribution >= 0.6 is 15.9 Å². The van der Waals surface area contributed by atoms with Gasteiger partial charge < -0.3 is 4.74 Å². The average Bonchev–Trinajstić information content (AvgIpc) is 2.06. The number of benzene rings is 1. The molecular formula is C7H5BrF2O. The molecule has 1 rings (SSSR count). The molecule has 1 aromatic rings. The van der Waals surface area contributed by atoms with Crippen LogP contribution in [0.5, 0.6) is 5.75 Å². The van der Waals surface area contributed by atoms with Crippen molar-refractivity contribution in [2.45, 2.75) is 0 Å². The van der Waals surface area contributed by atoms with E-state index in [2.05, 4.69) is 20.7 Å². The van der Waals surface area contributed by atoms with E-state index in [4.69, 9.17) is 1.37 Å². The fourth-order valence-corrected chi connectivity index (χ4v) is 1.06. The highest BCUT2D eigenvalue weighted by Gasteiger charge is 2.11. The Morgan fingerprint density at radius 1 is 1.55 bits per heavy atom. The van der Waals surface area contributed by atoms with Crippen LogP contribution in [0, 0.1) is 11.6 Å². The summed E-state index contributed by atoms with van der Waals surface area (Å²) < 4.78 is 36.9. The minimum Gasteiger partial charge on any atom is -0.492 e. The van der Waals surface area contributed by atoms with Gasteiger partial charge >= 0.3 is 0 Å². The molecule has 0 N–H and O–H groups in total. The molecule has 0 radical (unpaired) electrons. The van der Waals surface area contributed by atoms with Crippen LogP contribution in [0.25, 0.3) is 0 Å². The Hall–Kier alpha value is -0.640. The van der Waals surface area contributed by atoms with E-state index in [0.29, 0.717) is 4.47 Å². The van der Waals surface area contributed by atoms with Gasteiger partial charge in [0.15, 0.2) is 11.6 Å². The third kappa shape index (κ3) is 1.50. The molecule has 0 amide bonds. The fourth-order valence-electron chi connectivity index (χ4n) is 0.641. The van der Waals surface area contributed by atoms with Crippen LogP contribution in [-0.2, 0) is 0 Å². The molecule has 1 aromatic carbocycles. The summed E-state index contributed by atoms with van der Waals surface area (Å²) in [7, 11) is -0.445. The third-order valence-electron chi connectivity index (χ3n) is 1.15. The standard InChI is InChI=1S/C7H5BrF2O/c1-11-7-4(8)2-3-5(9)6(7)10/h2-3H,1H3/i1D. The molecule has 0 heterocycles. The second-order valence-electron chi connectivity index (χ2n) is 1.82. The maximum Gasteiger partial charge on any atom is 0.201 e. The van der Waals surface area contributed by atoms with Crippen molar-refractivity contribution in [1.29, 1.82) is 0 Å². The highest BCUT2D eigenvalue weighted by molar-refractivity contribution is 9.10. The van der Waals surface area contributed by atoms with Gasteiger partial charge in [0.1, 0.15) is 0 Å². The molecule has 0 bridgehead atoms. The minimum absolute atomic E-state index is 0.259. The van der Waals surface area contributed by atoms with E-state index >= 15 is 0 Å². The number of ether oxygens (including phenoxy) is 1. The number of rotatable bonds is 1. The second kappa shape index (κ2) is 3.17. The third-order valence-corrected chi connectivity index (χ3v) is 1.77. The molecular weight excluding hydrogens is 218 g/mol.